The molecule has 0 aliphatic heterocycles. The molecule has 0 amide bonds. The van der Waals surface area contributed by atoms with Crippen molar-refractivity contribution in [2.75, 3.05) is 0 Å². The largest absolute Gasteiger partial charge is 0.0581 e. The van der Waals surface area contributed by atoms with Crippen LogP contribution in [0.3, 0.4) is 0 Å². The molecular formula is C100H60. The maximum atomic E-state index is 2.39. The van der Waals surface area contributed by atoms with Gasteiger partial charge in [-0.1, -0.05) is 291 Å². The highest BCUT2D eigenvalue weighted by molar-refractivity contribution is 6.36. The van der Waals surface area contributed by atoms with E-state index in [1.54, 1.807) is 0 Å². The van der Waals surface area contributed by atoms with E-state index >= 15 is 0 Å². The molecule has 24 aromatic rings. The van der Waals surface area contributed by atoms with Crippen LogP contribution in [0, 0.1) is 27.7 Å². The van der Waals surface area contributed by atoms with E-state index in [4.69, 9.17) is 0 Å². The van der Waals surface area contributed by atoms with Gasteiger partial charge in [0.25, 0.3) is 0 Å². The third-order valence-corrected chi connectivity index (χ3v) is 24.0. The van der Waals surface area contributed by atoms with Crippen molar-refractivity contribution >= 4 is 194 Å². The molecule has 0 aliphatic carbocycles. The first-order chi connectivity index (χ1) is 49.2. The Bertz CT molecular complexity index is 6930. The maximum absolute atomic E-state index is 2.39. The second-order valence-electron chi connectivity index (χ2n) is 29.0. The molecule has 0 spiro atoms. The Labute approximate surface area is 575 Å². The van der Waals surface area contributed by atoms with Crippen LogP contribution in [-0.4, -0.2) is 0 Å². The highest BCUT2D eigenvalue weighted by atomic mass is 14.3. The minimum absolute atomic E-state index is 1.29. The van der Waals surface area contributed by atoms with Crippen molar-refractivity contribution in [1.29, 1.82) is 0 Å². The fraction of sp³-hybridized carbons (Fsp3) is 0.0400. The molecule has 0 N–H and O–H groups in total. The summed E-state index contributed by atoms with van der Waals surface area (Å²) in [6, 6.07) is 111. The van der Waals surface area contributed by atoms with Crippen LogP contribution in [-0.2, 0) is 0 Å². The quantitative estimate of drug-likeness (QED) is 0.154. The molecule has 0 radical (unpaired) electrons. The molecule has 0 bridgehead atoms. The second kappa shape index (κ2) is 19.6. The highest BCUT2D eigenvalue weighted by Crippen LogP contribution is 2.51. The van der Waals surface area contributed by atoms with Crippen LogP contribution in [0.15, 0.2) is 291 Å². The Hall–Kier alpha value is -12.5. The molecular weight excluding hydrogens is 1200 g/mol. The molecule has 0 aromatic heterocycles. The fourth-order valence-electron chi connectivity index (χ4n) is 19.3. The van der Waals surface area contributed by atoms with Gasteiger partial charge < -0.3 is 0 Å². The summed E-state index contributed by atoms with van der Waals surface area (Å²) in [5, 5.41) is 48.0. The summed E-state index contributed by atoms with van der Waals surface area (Å²) < 4.78 is 0. The van der Waals surface area contributed by atoms with Crippen molar-refractivity contribution in [2.45, 2.75) is 27.7 Å². The lowest BCUT2D eigenvalue weighted by Crippen LogP contribution is -1.92. The minimum atomic E-state index is 1.29. The van der Waals surface area contributed by atoms with Gasteiger partial charge in [-0.15, -0.1) is 0 Å². The van der Waals surface area contributed by atoms with Gasteiger partial charge in [-0.3, -0.25) is 0 Å². The van der Waals surface area contributed by atoms with Crippen molar-refractivity contribution in [3.8, 4) is 44.5 Å². The molecule has 0 aliphatic rings. The van der Waals surface area contributed by atoms with E-state index in [9.17, 15) is 0 Å². The lowest BCUT2D eigenvalue weighted by molar-refractivity contribution is 1.55. The van der Waals surface area contributed by atoms with Crippen LogP contribution in [0.5, 0.6) is 0 Å². The smallest absolute Gasteiger partial charge is 0.00203 e. The molecule has 24 aromatic carbocycles. The van der Waals surface area contributed by atoms with Crippen molar-refractivity contribution < 1.29 is 0 Å². The summed E-state index contributed by atoms with van der Waals surface area (Å²) in [4.78, 5) is 0. The average molecular weight is 1260 g/mol. The van der Waals surface area contributed by atoms with Crippen molar-refractivity contribution in [3.05, 3.63) is 313 Å². The highest BCUT2D eigenvalue weighted by Gasteiger charge is 2.24. The monoisotopic (exact) mass is 1260 g/mol. The predicted octanol–water partition coefficient (Wildman–Crippen LogP) is 28.7. The first kappa shape index (κ1) is 54.6. The third-order valence-electron chi connectivity index (χ3n) is 24.0. The Morgan fingerprint density at radius 3 is 0.370 bits per heavy atom. The molecule has 24 rings (SSSR count). The van der Waals surface area contributed by atoms with Crippen LogP contribution >= 0.6 is 0 Å². The van der Waals surface area contributed by atoms with Crippen molar-refractivity contribution in [3.63, 3.8) is 0 Å². The zero-order valence-corrected chi connectivity index (χ0v) is 55.7. The predicted molar refractivity (Wildman–Crippen MR) is 436 cm³/mol. The summed E-state index contributed by atoms with van der Waals surface area (Å²) >= 11 is 0. The van der Waals surface area contributed by atoms with E-state index in [2.05, 4.69) is 319 Å². The van der Waals surface area contributed by atoms with E-state index in [0.29, 0.717) is 0 Å². The zero-order valence-electron chi connectivity index (χ0n) is 55.7. The van der Waals surface area contributed by atoms with Gasteiger partial charge in [-0.2, -0.15) is 0 Å². The van der Waals surface area contributed by atoms with Gasteiger partial charge in [0.1, 0.15) is 0 Å². The molecule has 0 atom stereocenters. The minimum Gasteiger partial charge on any atom is -0.0581 e. The SMILES string of the molecule is Cc1ccc2ccc3c(-c4ccc5ccc6c(-c7ccc8ccc9c(C)ccc%10ccc7c8c%109)ccc7ccc4c5c76)ccc4ccc1c2c43.Cc1ccc2ccc3ccc(-c4ccc5ccc6ccc(-c7ccc8ccc9ccc(C)c%10ccc7c8c9%10)c7ccc4c5c67)c4ccc1c2c34. The van der Waals surface area contributed by atoms with Crippen molar-refractivity contribution in [2.24, 2.45) is 0 Å². The number of hydrogen-bond acceptors (Lipinski definition) is 0. The van der Waals surface area contributed by atoms with E-state index in [1.807, 2.05) is 0 Å². The molecule has 0 unspecified atom stereocenters. The second-order valence-corrected chi connectivity index (χ2v) is 29.0. The van der Waals surface area contributed by atoms with Gasteiger partial charge >= 0.3 is 0 Å². The number of hydrogen-bond donors (Lipinski definition) is 0. The number of rotatable bonds is 4. The summed E-state index contributed by atoms with van der Waals surface area (Å²) in [5.74, 6) is 0. The molecule has 0 fully saturated rings. The molecule has 460 valence electrons. The molecule has 0 saturated carbocycles. The molecule has 0 heterocycles. The Morgan fingerprint density at radius 1 is 0.100 bits per heavy atom. The topological polar surface area (TPSA) is 0 Å². The lowest BCUT2D eigenvalue weighted by Gasteiger charge is -2.20. The van der Waals surface area contributed by atoms with E-state index in [0.717, 1.165) is 0 Å². The Balaban J connectivity index is 0.000000124. The zero-order chi connectivity index (χ0) is 65.7. The van der Waals surface area contributed by atoms with Gasteiger partial charge in [0.05, 0.1) is 0 Å². The van der Waals surface area contributed by atoms with E-state index < -0.39 is 0 Å². The van der Waals surface area contributed by atoms with Gasteiger partial charge in [-0.05, 0) is 288 Å². The third kappa shape index (κ3) is 7.19. The number of benzene rings is 24. The van der Waals surface area contributed by atoms with Gasteiger partial charge in [0, 0.05) is 0 Å². The van der Waals surface area contributed by atoms with Gasteiger partial charge in [0.15, 0.2) is 0 Å². The summed E-state index contributed by atoms with van der Waals surface area (Å²) in [6.45, 7) is 8.91. The summed E-state index contributed by atoms with van der Waals surface area (Å²) in [6.07, 6.45) is 0. The first-order valence-corrected chi connectivity index (χ1v) is 35.4. The normalized spacial score (nSPS) is 12.6. The van der Waals surface area contributed by atoms with Crippen LogP contribution in [0.1, 0.15) is 22.3 Å². The van der Waals surface area contributed by atoms with Crippen LogP contribution in [0.4, 0.5) is 0 Å². The summed E-state index contributed by atoms with van der Waals surface area (Å²) in [7, 11) is 0. The van der Waals surface area contributed by atoms with E-state index in [-0.39, 0.29) is 0 Å². The fourth-order valence-corrected chi connectivity index (χ4v) is 19.3. The van der Waals surface area contributed by atoms with Gasteiger partial charge in [-0.25, -0.2) is 0 Å². The molecule has 0 nitrogen and oxygen atoms in total. The molecule has 100 heavy (non-hydrogen) atoms. The van der Waals surface area contributed by atoms with Gasteiger partial charge in [0.2, 0.25) is 0 Å². The maximum Gasteiger partial charge on any atom is -0.00203 e. The Kier molecular flexibility index (Phi) is 10.7. The number of aryl methyl sites for hydroxylation is 4. The van der Waals surface area contributed by atoms with Crippen LogP contribution in [0.25, 0.3) is 238 Å². The van der Waals surface area contributed by atoms with Crippen LogP contribution in [0.2, 0.25) is 0 Å². The van der Waals surface area contributed by atoms with Crippen molar-refractivity contribution in [1.82, 2.24) is 0 Å². The first-order valence-electron chi connectivity index (χ1n) is 35.4. The van der Waals surface area contributed by atoms with Crippen LogP contribution < -0.4 is 0 Å². The summed E-state index contributed by atoms with van der Waals surface area (Å²) in [5.41, 5.74) is 15.7. The molecule has 0 saturated heterocycles. The average Bonchev–Trinajstić information content (AvgIpc) is 0.720. The van der Waals surface area contributed by atoms with E-state index in [1.165, 1.54) is 261 Å². The standard InChI is InChI=1S/2C50H30/c1-27-3-5-29-13-23-41-37(19-9-31-7-17-35(27)45(29)47(31)41)39-21-11-33-16-26-44-40(22-12-34-15-25-43(39)49(33)50(34)44)38-20-10-32-8-18-36-28(2)4-6-30-14-24-42(38)48(32)46(30)36;1-27-3-5-29-7-9-31-13-17-37(41-23-21-35(27)45(29)47(31)41)39-19-15-33-11-12-34-16-20-40(44-26-25-43(39)49(33)50(34)44)38-18-14-32-10-8-30-6-4-28(2)36-22-24-42(38)48(32)46(30)36/h2*3-26H,1-2H3. The lowest BCUT2D eigenvalue weighted by atomic mass is 9.83. The Morgan fingerprint density at radius 2 is 0.200 bits per heavy atom. The molecule has 0 heteroatoms.